The Morgan fingerprint density at radius 3 is 1.29 bits per heavy atom. The lowest BCUT2D eigenvalue weighted by molar-refractivity contribution is -0.908. The van der Waals surface area contributed by atoms with Gasteiger partial charge in [0.2, 0.25) is 0 Å². The molecular weight excluding hydrogens is 342 g/mol. The van der Waals surface area contributed by atoms with Crippen LogP contribution in [0.25, 0.3) is 0 Å². The molecule has 1 saturated heterocycles. The summed E-state index contributed by atoms with van der Waals surface area (Å²) in [5.74, 6) is 0. The highest BCUT2D eigenvalue weighted by Gasteiger charge is 2.23. The molecule has 0 radical (unpaired) electrons. The lowest BCUT2D eigenvalue weighted by Crippen LogP contribution is -2.50. The second-order valence-corrected chi connectivity index (χ2v) is 9.99. The van der Waals surface area contributed by atoms with Gasteiger partial charge in [0.25, 0.3) is 0 Å². The fourth-order valence-corrected chi connectivity index (χ4v) is 4.41. The summed E-state index contributed by atoms with van der Waals surface area (Å²) < 4.78 is 1.27. The molecule has 0 saturated carbocycles. The number of unbranched alkanes of at least 4 members (excludes halogenated alkanes) is 13. The molecule has 1 rings (SSSR count). The van der Waals surface area contributed by atoms with Crippen LogP contribution in [-0.4, -0.2) is 81.2 Å². The smallest absolute Gasteiger partial charge is 0.0914 e. The van der Waals surface area contributed by atoms with Gasteiger partial charge in [-0.25, -0.2) is 0 Å². The van der Waals surface area contributed by atoms with Gasteiger partial charge in [-0.2, -0.15) is 0 Å². The third-order valence-corrected chi connectivity index (χ3v) is 6.96. The fourth-order valence-electron chi connectivity index (χ4n) is 4.41. The summed E-state index contributed by atoms with van der Waals surface area (Å²) in [6.45, 7) is 11.3. The molecule has 0 aromatic heterocycles. The van der Waals surface area contributed by atoms with Gasteiger partial charge in [0.15, 0.2) is 0 Å². The average Bonchev–Trinajstić information content (AvgIpc) is 2.75. The zero-order valence-electron chi connectivity index (χ0n) is 20.2. The summed E-state index contributed by atoms with van der Waals surface area (Å²) in [5, 5.41) is 0. The first-order valence-corrected chi connectivity index (χ1v) is 12.8. The van der Waals surface area contributed by atoms with Crippen molar-refractivity contribution in [3.63, 3.8) is 0 Å². The Labute approximate surface area is 178 Å². The van der Waals surface area contributed by atoms with E-state index in [1.807, 2.05) is 0 Å². The van der Waals surface area contributed by atoms with Crippen molar-refractivity contribution in [3.05, 3.63) is 0 Å². The predicted octanol–water partition coefficient (Wildman–Crippen LogP) is 5.79. The average molecular weight is 397 g/mol. The first-order chi connectivity index (χ1) is 13.6. The molecule has 0 N–H and O–H groups in total. The maximum absolute atomic E-state index is 2.52. The summed E-state index contributed by atoms with van der Waals surface area (Å²) in [6, 6.07) is 0. The largest absolute Gasteiger partial charge is 0.324 e. The lowest BCUT2D eigenvalue weighted by atomic mass is 10.0. The van der Waals surface area contributed by atoms with Crippen molar-refractivity contribution in [1.29, 1.82) is 0 Å². The molecule has 3 nitrogen and oxygen atoms in total. The van der Waals surface area contributed by atoms with Gasteiger partial charge in [-0.15, -0.1) is 0 Å². The van der Waals surface area contributed by atoms with E-state index in [1.54, 1.807) is 0 Å². The number of likely N-dealkylation sites (N-methyl/N-ethyl adjacent to an activating group) is 3. The third kappa shape index (κ3) is 14.0. The van der Waals surface area contributed by atoms with Crippen molar-refractivity contribution < 1.29 is 4.48 Å². The Hall–Kier alpha value is -0.120. The number of nitrogens with zero attached hydrogens (tertiary/aromatic N) is 3. The summed E-state index contributed by atoms with van der Waals surface area (Å²) in [4.78, 5) is 5.03. The lowest BCUT2D eigenvalue weighted by Gasteiger charge is -2.35. The molecule has 0 amide bonds. The van der Waals surface area contributed by atoms with Crippen LogP contribution in [0, 0.1) is 0 Å². The highest BCUT2D eigenvalue weighted by molar-refractivity contribution is 4.61. The molecule has 0 aromatic rings. The van der Waals surface area contributed by atoms with Gasteiger partial charge in [-0.1, -0.05) is 84.0 Å². The van der Waals surface area contributed by atoms with Gasteiger partial charge in [-0.05, 0) is 26.9 Å². The predicted molar refractivity (Wildman–Crippen MR) is 126 cm³/mol. The highest BCUT2D eigenvalue weighted by Crippen LogP contribution is 2.14. The summed E-state index contributed by atoms with van der Waals surface area (Å²) in [6.07, 6.45) is 20.4. The molecule has 0 atom stereocenters. The molecule has 0 aliphatic carbocycles. The monoisotopic (exact) mass is 396 g/mol. The van der Waals surface area contributed by atoms with Crippen molar-refractivity contribution in [3.8, 4) is 0 Å². The molecule has 1 heterocycles. The van der Waals surface area contributed by atoms with E-state index in [2.05, 4.69) is 37.9 Å². The third-order valence-electron chi connectivity index (χ3n) is 6.96. The van der Waals surface area contributed by atoms with Crippen molar-refractivity contribution >= 4 is 0 Å². The number of hydrogen-bond acceptors (Lipinski definition) is 2. The molecule has 168 valence electrons. The second-order valence-electron chi connectivity index (χ2n) is 9.99. The standard InChI is InChI=1S/C25H54N3/c1-5-6-7-8-9-10-11-12-13-14-15-16-17-18-23-28(4)24-21-26(2)19-20-27(3)22-25-28/h5-25H2,1-4H3/q+1. The Morgan fingerprint density at radius 2 is 0.893 bits per heavy atom. The van der Waals surface area contributed by atoms with Crippen molar-refractivity contribution in [2.45, 2.75) is 96.8 Å². The summed E-state index contributed by atoms with van der Waals surface area (Å²) in [5.41, 5.74) is 0. The van der Waals surface area contributed by atoms with E-state index in [4.69, 9.17) is 0 Å². The zero-order chi connectivity index (χ0) is 20.5. The zero-order valence-corrected chi connectivity index (χ0v) is 20.2. The molecular formula is C25H54N3+. The summed E-state index contributed by atoms with van der Waals surface area (Å²) in [7, 11) is 7.07. The Morgan fingerprint density at radius 1 is 0.536 bits per heavy atom. The Balaban J connectivity index is 1.96. The number of quaternary nitrogens is 1. The van der Waals surface area contributed by atoms with Gasteiger partial charge in [0.1, 0.15) is 0 Å². The minimum atomic E-state index is 1.22. The van der Waals surface area contributed by atoms with Gasteiger partial charge < -0.3 is 4.48 Å². The van der Waals surface area contributed by atoms with Crippen LogP contribution in [-0.2, 0) is 0 Å². The molecule has 1 fully saturated rings. The number of rotatable bonds is 15. The Bertz CT molecular complexity index is 331. The van der Waals surface area contributed by atoms with Gasteiger partial charge in [0.05, 0.1) is 26.7 Å². The van der Waals surface area contributed by atoms with Crippen LogP contribution in [0.2, 0.25) is 0 Å². The molecule has 3 heteroatoms. The molecule has 1 aliphatic heterocycles. The number of hydrogen-bond donors (Lipinski definition) is 0. The molecule has 1 aliphatic rings. The van der Waals surface area contributed by atoms with Gasteiger partial charge in [-0.3, -0.25) is 9.80 Å². The van der Waals surface area contributed by atoms with Crippen LogP contribution in [0.1, 0.15) is 96.8 Å². The molecule has 28 heavy (non-hydrogen) atoms. The first kappa shape index (κ1) is 25.9. The van der Waals surface area contributed by atoms with Crippen molar-refractivity contribution in [2.24, 2.45) is 0 Å². The minimum Gasteiger partial charge on any atom is -0.324 e. The van der Waals surface area contributed by atoms with E-state index in [9.17, 15) is 0 Å². The van der Waals surface area contributed by atoms with Crippen molar-refractivity contribution in [1.82, 2.24) is 9.80 Å². The van der Waals surface area contributed by atoms with E-state index in [1.165, 1.54) is 140 Å². The van der Waals surface area contributed by atoms with E-state index in [0.717, 1.165) is 0 Å². The SMILES string of the molecule is CCCCCCCCCCCCCCCC[N+]1(C)CCN(C)CCN(C)CC1. The van der Waals surface area contributed by atoms with Crippen LogP contribution in [0.15, 0.2) is 0 Å². The van der Waals surface area contributed by atoms with Crippen LogP contribution in [0.3, 0.4) is 0 Å². The first-order valence-electron chi connectivity index (χ1n) is 12.8. The fraction of sp³-hybridized carbons (Fsp3) is 1.00. The van der Waals surface area contributed by atoms with Gasteiger partial charge >= 0.3 is 0 Å². The van der Waals surface area contributed by atoms with E-state index >= 15 is 0 Å². The van der Waals surface area contributed by atoms with Crippen LogP contribution < -0.4 is 0 Å². The van der Waals surface area contributed by atoms with Gasteiger partial charge in [0, 0.05) is 26.2 Å². The topological polar surface area (TPSA) is 6.48 Å². The van der Waals surface area contributed by atoms with E-state index in [-0.39, 0.29) is 0 Å². The normalized spacial score (nSPS) is 19.3. The van der Waals surface area contributed by atoms with Crippen molar-refractivity contribution in [2.75, 3.05) is 67.0 Å². The molecule has 0 aromatic carbocycles. The minimum absolute atomic E-state index is 1.22. The summed E-state index contributed by atoms with van der Waals surface area (Å²) >= 11 is 0. The van der Waals surface area contributed by atoms with Crippen LogP contribution >= 0.6 is 0 Å². The van der Waals surface area contributed by atoms with Crippen LogP contribution in [0.5, 0.6) is 0 Å². The highest BCUT2D eigenvalue weighted by atomic mass is 15.4. The van der Waals surface area contributed by atoms with E-state index in [0.29, 0.717) is 0 Å². The second kappa shape index (κ2) is 16.7. The molecule has 0 spiro atoms. The maximum atomic E-state index is 2.52. The maximum Gasteiger partial charge on any atom is 0.0914 e. The Kier molecular flexibility index (Phi) is 15.4. The quantitative estimate of drug-likeness (QED) is 0.255. The van der Waals surface area contributed by atoms with Crippen LogP contribution in [0.4, 0.5) is 0 Å². The van der Waals surface area contributed by atoms with E-state index < -0.39 is 0 Å². The molecule has 0 unspecified atom stereocenters. The molecule has 0 bridgehead atoms.